The highest BCUT2D eigenvalue weighted by Crippen LogP contribution is 2.37. The average Bonchev–Trinajstić information content (AvgIpc) is 2.78. The third kappa shape index (κ3) is 2.74. The van der Waals surface area contributed by atoms with Crippen molar-refractivity contribution in [3.8, 4) is 0 Å². The Kier molecular flexibility index (Phi) is 4.07. The molecule has 1 aromatic rings. The maximum absolute atomic E-state index is 13.2. The maximum Gasteiger partial charge on any atom is 0.501 e. The van der Waals surface area contributed by atoms with Gasteiger partial charge in [0.1, 0.15) is 10.7 Å². The highest BCUT2D eigenvalue weighted by molar-refractivity contribution is 7.92. The first-order valence-electron chi connectivity index (χ1n) is 6.21. The standard InChI is InChI=1S/C12H12F4N2O3S/c1-2-17-7-18(6-11(17)19)9-4-3-8(13)5-10(9)22(20,21)12(14,15)16/h3-5H,2,6-7H2,1H3. The van der Waals surface area contributed by atoms with Gasteiger partial charge in [-0.15, -0.1) is 0 Å². The lowest BCUT2D eigenvalue weighted by Crippen LogP contribution is -2.29. The zero-order valence-electron chi connectivity index (χ0n) is 11.4. The monoisotopic (exact) mass is 340 g/mol. The summed E-state index contributed by atoms with van der Waals surface area (Å²) < 4.78 is 74.6. The van der Waals surface area contributed by atoms with Crippen LogP contribution in [0.2, 0.25) is 0 Å². The first-order chi connectivity index (χ1) is 10.1. The van der Waals surface area contributed by atoms with Crippen molar-refractivity contribution in [1.29, 1.82) is 0 Å². The number of hydrogen-bond acceptors (Lipinski definition) is 4. The molecule has 1 aliphatic rings. The van der Waals surface area contributed by atoms with Crippen molar-refractivity contribution >= 4 is 21.4 Å². The number of hydrogen-bond donors (Lipinski definition) is 0. The van der Waals surface area contributed by atoms with E-state index < -0.39 is 26.1 Å². The normalized spacial score (nSPS) is 16.5. The summed E-state index contributed by atoms with van der Waals surface area (Å²) in [4.78, 5) is 13.0. The molecule has 0 N–H and O–H groups in total. The Hall–Kier alpha value is -1.84. The molecular weight excluding hydrogens is 328 g/mol. The van der Waals surface area contributed by atoms with Gasteiger partial charge in [0.05, 0.1) is 18.9 Å². The van der Waals surface area contributed by atoms with Crippen LogP contribution >= 0.6 is 0 Å². The molecule has 0 radical (unpaired) electrons. The molecule has 0 spiro atoms. The van der Waals surface area contributed by atoms with Crippen LogP contribution in [0.15, 0.2) is 23.1 Å². The summed E-state index contributed by atoms with van der Waals surface area (Å²) in [7, 11) is -5.72. The highest BCUT2D eigenvalue weighted by atomic mass is 32.2. The van der Waals surface area contributed by atoms with E-state index in [0.29, 0.717) is 12.6 Å². The number of amides is 1. The summed E-state index contributed by atoms with van der Waals surface area (Å²) >= 11 is 0. The lowest BCUT2D eigenvalue weighted by molar-refractivity contribution is -0.126. The second kappa shape index (κ2) is 5.41. The zero-order chi connectivity index (χ0) is 16.7. The third-order valence-corrected chi connectivity index (χ3v) is 4.77. The lowest BCUT2D eigenvalue weighted by atomic mass is 10.3. The molecule has 0 saturated carbocycles. The van der Waals surface area contributed by atoms with Crippen LogP contribution in [0.4, 0.5) is 23.2 Å². The second-order valence-corrected chi connectivity index (χ2v) is 6.56. The van der Waals surface area contributed by atoms with E-state index in [4.69, 9.17) is 0 Å². The first kappa shape index (κ1) is 16.5. The summed E-state index contributed by atoms with van der Waals surface area (Å²) in [6.07, 6.45) is 0. The molecule has 5 nitrogen and oxygen atoms in total. The molecule has 0 bridgehead atoms. The Labute approximate surface area is 124 Å². The number of benzene rings is 1. The SMILES string of the molecule is CCN1CN(c2ccc(F)cc2S(=O)(=O)C(F)(F)F)CC1=O. The summed E-state index contributed by atoms with van der Waals surface area (Å²) in [5, 5.41) is 0. The van der Waals surface area contributed by atoms with Crippen molar-refractivity contribution in [3.63, 3.8) is 0 Å². The molecule has 1 heterocycles. The Bertz CT molecular complexity index is 703. The minimum absolute atomic E-state index is 0.0542. The van der Waals surface area contributed by atoms with Gasteiger partial charge in [-0.2, -0.15) is 13.2 Å². The fraction of sp³-hybridized carbons (Fsp3) is 0.417. The molecule has 0 aliphatic carbocycles. The average molecular weight is 340 g/mol. The number of rotatable bonds is 3. The molecule has 1 aromatic carbocycles. The van der Waals surface area contributed by atoms with Crippen LogP contribution in [0.5, 0.6) is 0 Å². The van der Waals surface area contributed by atoms with Gasteiger partial charge in [0.25, 0.3) is 9.84 Å². The topological polar surface area (TPSA) is 57.7 Å². The molecule has 0 unspecified atom stereocenters. The Morgan fingerprint density at radius 1 is 1.27 bits per heavy atom. The number of alkyl halides is 3. The number of likely N-dealkylation sites (N-methyl/N-ethyl adjacent to an activating group) is 1. The van der Waals surface area contributed by atoms with Gasteiger partial charge in [0, 0.05) is 6.54 Å². The number of halogens is 4. The smallest absolute Gasteiger partial charge is 0.343 e. The summed E-state index contributed by atoms with van der Waals surface area (Å²) in [6, 6.07) is 2.10. The van der Waals surface area contributed by atoms with Gasteiger partial charge < -0.3 is 9.80 Å². The molecule has 0 atom stereocenters. The summed E-state index contributed by atoms with van der Waals surface area (Å²) in [6.45, 7) is 1.69. The largest absolute Gasteiger partial charge is 0.501 e. The Morgan fingerprint density at radius 2 is 1.91 bits per heavy atom. The second-order valence-electron chi connectivity index (χ2n) is 4.65. The minimum atomic E-state index is -5.72. The van der Waals surface area contributed by atoms with Gasteiger partial charge in [-0.25, -0.2) is 12.8 Å². The van der Waals surface area contributed by atoms with Crippen LogP contribution in [0.1, 0.15) is 6.92 Å². The van der Waals surface area contributed by atoms with Gasteiger partial charge in [0.15, 0.2) is 0 Å². The van der Waals surface area contributed by atoms with Crippen molar-refractivity contribution in [2.24, 2.45) is 0 Å². The van der Waals surface area contributed by atoms with E-state index in [1.165, 1.54) is 9.80 Å². The molecule has 1 amide bonds. The van der Waals surface area contributed by atoms with E-state index in [1.807, 2.05) is 0 Å². The van der Waals surface area contributed by atoms with Crippen molar-refractivity contribution in [3.05, 3.63) is 24.0 Å². The molecule has 1 aliphatic heterocycles. The van der Waals surface area contributed by atoms with Gasteiger partial charge >= 0.3 is 5.51 Å². The number of carbonyl (C=O) groups excluding carboxylic acids is 1. The Morgan fingerprint density at radius 3 is 2.41 bits per heavy atom. The third-order valence-electron chi connectivity index (χ3n) is 3.26. The van der Waals surface area contributed by atoms with Crippen LogP contribution in [0.3, 0.4) is 0 Å². The highest BCUT2D eigenvalue weighted by Gasteiger charge is 2.49. The number of sulfone groups is 1. The van der Waals surface area contributed by atoms with Gasteiger partial charge in [-0.05, 0) is 25.1 Å². The van der Waals surface area contributed by atoms with Crippen LogP contribution in [-0.4, -0.2) is 44.5 Å². The maximum atomic E-state index is 13.2. The zero-order valence-corrected chi connectivity index (χ0v) is 12.2. The predicted molar refractivity (Wildman–Crippen MR) is 69.2 cm³/mol. The molecule has 10 heteroatoms. The number of anilines is 1. The lowest BCUT2D eigenvalue weighted by Gasteiger charge is -2.22. The van der Waals surface area contributed by atoms with E-state index in [2.05, 4.69) is 0 Å². The van der Waals surface area contributed by atoms with E-state index in [9.17, 15) is 30.8 Å². The van der Waals surface area contributed by atoms with E-state index in [1.54, 1.807) is 6.92 Å². The number of nitrogens with zero attached hydrogens (tertiary/aromatic N) is 2. The molecule has 1 fully saturated rings. The van der Waals surface area contributed by atoms with Crippen LogP contribution < -0.4 is 4.90 Å². The van der Waals surface area contributed by atoms with Gasteiger partial charge in [0.2, 0.25) is 5.91 Å². The van der Waals surface area contributed by atoms with Crippen molar-refractivity contribution in [2.45, 2.75) is 17.3 Å². The Balaban J connectivity index is 2.53. The van der Waals surface area contributed by atoms with Gasteiger partial charge in [-0.1, -0.05) is 0 Å². The van der Waals surface area contributed by atoms with E-state index in [0.717, 1.165) is 12.1 Å². The van der Waals surface area contributed by atoms with E-state index >= 15 is 0 Å². The van der Waals surface area contributed by atoms with E-state index in [-0.39, 0.29) is 24.8 Å². The van der Waals surface area contributed by atoms with Crippen LogP contribution in [-0.2, 0) is 14.6 Å². The molecule has 1 saturated heterocycles. The first-order valence-corrected chi connectivity index (χ1v) is 7.70. The summed E-state index contributed by atoms with van der Waals surface area (Å²) in [5.41, 5.74) is -5.90. The molecule has 0 aromatic heterocycles. The quantitative estimate of drug-likeness (QED) is 0.787. The van der Waals surface area contributed by atoms with Crippen LogP contribution in [0.25, 0.3) is 0 Å². The number of carbonyl (C=O) groups is 1. The molecule has 22 heavy (non-hydrogen) atoms. The minimum Gasteiger partial charge on any atom is -0.343 e. The fourth-order valence-electron chi connectivity index (χ4n) is 2.13. The summed E-state index contributed by atoms with van der Waals surface area (Å²) in [5.74, 6) is -1.45. The van der Waals surface area contributed by atoms with Crippen molar-refractivity contribution in [1.82, 2.24) is 4.90 Å². The molecule has 2 rings (SSSR count). The molecule has 122 valence electrons. The van der Waals surface area contributed by atoms with Crippen molar-refractivity contribution in [2.75, 3.05) is 24.7 Å². The van der Waals surface area contributed by atoms with Crippen molar-refractivity contribution < 1.29 is 30.8 Å². The molecular formula is C12H12F4N2O3S. The fourth-order valence-corrected chi connectivity index (χ4v) is 3.11. The predicted octanol–water partition coefficient (Wildman–Crippen LogP) is 1.75. The van der Waals surface area contributed by atoms with Crippen LogP contribution in [0, 0.1) is 5.82 Å². The van der Waals surface area contributed by atoms with Gasteiger partial charge in [-0.3, -0.25) is 4.79 Å².